The van der Waals surface area contributed by atoms with Crippen LogP contribution in [0, 0.1) is 0 Å². The fourth-order valence-electron chi connectivity index (χ4n) is 2.84. The van der Waals surface area contributed by atoms with Crippen molar-refractivity contribution in [3.63, 3.8) is 0 Å². The molecule has 26 heavy (non-hydrogen) atoms. The molecule has 0 saturated carbocycles. The maximum absolute atomic E-state index is 5.92. The van der Waals surface area contributed by atoms with Crippen LogP contribution in [0.15, 0.2) is 53.5 Å². The largest absolute Gasteiger partial charge is 0.370 e. The molecule has 1 aliphatic rings. The van der Waals surface area contributed by atoms with E-state index in [9.17, 15) is 0 Å². The smallest absolute Gasteiger partial charge is 0.191 e. The summed E-state index contributed by atoms with van der Waals surface area (Å²) in [5, 5.41) is 7.44. The van der Waals surface area contributed by atoms with E-state index in [4.69, 9.17) is 11.6 Å². The first kappa shape index (κ1) is 18.9. The molecule has 0 amide bonds. The van der Waals surface area contributed by atoms with E-state index in [1.165, 1.54) is 28.3 Å². The number of nitrogens with one attached hydrogen (secondary N) is 2. The van der Waals surface area contributed by atoms with Crippen molar-refractivity contribution in [1.29, 1.82) is 0 Å². The highest BCUT2D eigenvalue weighted by Gasteiger charge is 2.10. The molecular formula is C20H25ClN4S. The monoisotopic (exact) mass is 388 g/mol. The van der Waals surface area contributed by atoms with Crippen LogP contribution in [0.1, 0.15) is 11.1 Å². The van der Waals surface area contributed by atoms with E-state index in [1.807, 2.05) is 36.0 Å². The van der Waals surface area contributed by atoms with E-state index in [2.05, 4.69) is 44.8 Å². The zero-order valence-electron chi connectivity index (χ0n) is 15.0. The highest BCUT2D eigenvalue weighted by Crippen LogP contribution is 2.19. The van der Waals surface area contributed by atoms with E-state index < -0.39 is 0 Å². The van der Waals surface area contributed by atoms with Crippen LogP contribution in [0.25, 0.3) is 0 Å². The van der Waals surface area contributed by atoms with Crippen molar-refractivity contribution in [2.24, 2.45) is 4.99 Å². The van der Waals surface area contributed by atoms with Crippen LogP contribution >= 0.6 is 23.4 Å². The Kier molecular flexibility index (Phi) is 7.09. The average molecular weight is 389 g/mol. The Balaban J connectivity index is 1.47. The molecule has 1 fully saturated rings. The van der Waals surface area contributed by atoms with Gasteiger partial charge >= 0.3 is 0 Å². The van der Waals surface area contributed by atoms with Gasteiger partial charge in [-0.25, -0.2) is 0 Å². The summed E-state index contributed by atoms with van der Waals surface area (Å²) in [6.07, 6.45) is 0. The molecule has 6 heteroatoms. The third-order valence-electron chi connectivity index (χ3n) is 4.37. The first-order valence-corrected chi connectivity index (χ1v) is 10.4. The van der Waals surface area contributed by atoms with Gasteiger partial charge in [0.05, 0.1) is 0 Å². The third-order valence-corrected chi connectivity index (χ3v) is 5.56. The van der Waals surface area contributed by atoms with Crippen LogP contribution in [0.4, 0.5) is 5.69 Å². The Hall–Kier alpha value is -1.85. The summed E-state index contributed by atoms with van der Waals surface area (Å²) >= 11 is 7.95. The Morgan fingerprint density at radius 3 is 2.04 bits per heavy atom. The lowest BCUT2D eigenvalue weighted by Gasteiger charge is -2.28. The SMILES string of the molecule is CN=C(NCc1ccc(Cl)cc1)NCc1ccc(N2CCSCC2)cc1. The zero-order chi connectivity index (χ0) is 18.2. The number of halogens is 1. The van der Waals surface area contributed by atoms with Crippen molar-refractivity contribution in [2.45, 2.75) is 13.1 Å². The van der Waals surface area contributed by atoms with Crippen LogP contribution < -0.4 is 15.5 Å². The second kappa shape index (κ2) is 9.74. The molecule has 1 aliphatic heterocycles. The van der Waals surface area contributed by atoms with Crippen LogP contribution in [0.3, 0.4) is 0 Å². The highest BCUT2D eigenvalue weighted by molar-refractivity contribution is 7.99. The molecule has 0 bridgehead atoms. The van der Waals surface area contributed by atoms with Crippen LogP contribution in [0.2, 0.25) is 5.02 Å². The predicted octanol–water partition coefficient (Wildman–Crippen LogP) is 3.76. The minimum absolute atomic E-state index is 0.711. The molecule has 0 unspecified atom stereocenters. The Morgan fingerprint density at radius 2 is 1.50 bits per heavy atom. The molecule has 2 aromatic carbocycles. The van der Waals surface area contributed by atoms with Gasteiger partial charge in [0, 0.05) is 55.4 Å². The second-order valence-corrected chi connectivity index (χ2v) is 7.83. The van der Waals surface area contributed by atoms with Gasteiger partial charge in [-0.2, -0.15) is 11.8 Å². The quantitative estimate of drug-likeness (QED) is 0.604. The maximum Gasteiger partial charge on any atom is 0.191 e. The summed E-state index contributed by atoms with van der Waals surface area (Å²) in [6, 6.07) is 16.6. The number of thioether (sulfide) groups is 1. The summed E-state index contributed by atoms with van der Waals surface area (Å²) in [6.45, 7) is 3.74. The second-order valence-electron chi connectivity index (χ2n) is 6.17. The Labute approximate surface area is 165 Å². The molecule has 0 spiro atoms. The number of hydrogen-bond acceptors (Lipinski definition) is 3. The average Bonchev–Trinajstić information content (AvgIpc) is 2.70. The van der Waals surface area contributed by atoms with Crippen molar-refractivity contribution < 1.29 is 0 Å². The number of guanidine groups is 1. The summed E-state index contributed by atoms with van der Waals surface area (Å²) in [7, 11) is 1.79. The summed E-state index contributed by atoms with van der Waals surface area (Å²) in [4.78, 5) is 6.74. The molecule has 138 valence electrons. The molecule has 0 aromatic heterocycles. The number of rotatable bonds is 5. The molecule has 0 radical (unpaired) electrons. The van der Waals surface area contributed by atoms with Crippen LogP contribution in [-0.2, 0) is 13.1 Å². The van der Waals surface area contributed by atoms with Gasteiger partial charge < -0.3 is 15.5 Å². The molecule has 0 atom stereocenters. The maximum atomic E-state index is 5.92. The topological polar surface area (TPSA) is 39.7 Å². The first-order valence-electron chi connectivity index (χ1n) is 8.85. The Bertz CT molecular complexity index is 710. The molecule has 1 heterocycles. The van der Waals surface area contributed by atoms with E-state index in [1.54, 1.807) is 7.05 Å². The highest BCUT2D eigenvalue weighted by atomic mass is 35.5. The third kappa shape index (κ3) is 5.58. The molecule has 1 saturated heterocycles. The molecule has 3 rings (SSSR count). The lowest BCUT2D eigenvalue weighted by atomic mass is 10.2. The van der Waals surface area contributed by atoms with Crippen molar-refractivity contribution in [1.82, 2.24) is 10.6 Å². The predicted molar refractivity (Wildman–Crippen MR) is 114 cm³/mol. The zero-order valence-corrected chi connectivity index (χ0v) is 16.6. The molecule has 2 N–H and O–H groups in total. The molecule has 4 nitrogen and oxygen atoms in total. The normalized spacial score (nSPS) is 15.0. The summed E-state index contributed by atoms with van der Waals surface area (Å²) < 4.78 is 0. The minimum atomic E-state index is 0.711. The van der Waals surface area contributed by atoms with Gasteiger partial charge in [-0.3, -0.25) is 4.99 Å². The molecule has 2 aromatic rings. The van der Waals surface area contributed by atoms with E-state index in [0.717, 1.165) is 30.6 Å². The lowest BCUT2D eigenvalue weighted by Crippen LogP contribution is -2.36. The number of anilines is 1. The van der Waals surface area contributed by atoms with Crippen LogP contribution in [0.5, 0.6) is 0 Å². The van der Waals surface area contributed by atoms with Crippen molar-refractivity contribution in [3.8, 4) is 0 Å². The van der Waals surface area contributed by atoms with Crippen molar-refractivity contribution in [3.05, 3.63) is 64.7 Å². The number of aliphatic imine (C=N–C) groups is 1. The van der Waals surface area contributed by atoms with E-state index >= 15 is 0 Å². The van der Waals surface area contributed by atoms with Crippen molar-refractivity contribution in [2.75, 3.05) is 36.5 Å². The summed E-state index contributed by atoms with van der Waals surface area (Å²) in [5.74, 6) is 3.23. The van der Waals surface area contributed by atoms with Gasteiger partial charge in [-0.05, 0) is 35.4 Å². The van der Waals surface area contributed by atoms with E-state index in [0.29, 0.717) is 6.54 Å². The van der Waals surface area contributed by atoms with Gasteiger partial charge in [0.15, 0.2) is 5.96 Å². The van der Waals surface area contributed by atoms with Crippen molar-refractivity contribution >= 4 is 35.0 Å². The van der Waals surface area contributed by atoms with Crippen LogP contribution in [-0.4, -0.2) is 37.6 Å². The standard InChI is InChI=1S/C20H25ClN4S/c1-22-20(23-14-16-2-6-18(21)7-3-16)24-15-17-4-8-19(9-5-17)25-10-12-26-13-11-25/h2-9H,10-15H2,1H3,(H2,22,23,24). The number of hydrogen-bond donors (Lipinski definition) is 2. The van der Waals surface area contributed by atoms with Gasteiger partial charge in [0.1, 0.15) is 0 Å². The van der Waals surface area contributed by atoms with E-state index in [-0.39, 0.29) is 0 Å². The van der Waals surface area contributed by atoms with Gasteiger partial charge in [-0.15, -0.1) is 0 Å². The minimum Gasteiger partial charge on any atom is -0.370 e. The molecule has 0 aliphatic carbocycles. The van der Waals surface area contributed by atoms with Gasteiger partial charge in [0.25, 0.3) is 0 Å². The molecular weight excluding hydrogens is 364 g/mol. The number of nitrogens with zero attached hydrogens (tertiary/aromatic N) is 2. The lowest BCUT2D eigenvalue weighted by molar-refractivity contribution is 0.808. The van der Waals surface area contributed by atoms with Gasteiger partial charge in [0.2, 0.25) is 0 Å². The first-order chi connectivity index (χ1) is 12.7. The summed E-state index contributed by atoms with van der Waals surface area (Å²) in [5.41, 5.74) is 3.73. The fraction of sp³-hybridized carbons (Fsp3) is 0.350. The Morgan fingerprint density at radius 1 is 0.962 bits per heavy atom. The number of benzene rings is 2. The van der Waals surface area contributed by atoms with Gasteiger partial charge in [-0.1, -0.05) is 35.9 Å². The fourth-order valence-corrected chi connectivity index (χ4v) is 3.87.